The number of nitrogen functional groups attached to an aromatic ring is 1. The lowest BCUT2D eigenvalue weighted by Crippen LogP contribution is -2.46. The normalized spacial score (nSPS) is 26.6. The zero-order valence-corrected chi connectivity index (χ0v) is 13.6. The fourth-order valence-corrected chi connectivity index (χ4v) is 3.24. The maximum absolute atomic E-state index is 12.3. The lowest BCUT2D eigenvalue weighted by Gasteiger charge is -2.30. The number of amides is 1. The van der Waals surface area contributed by atoms with E-state index in [2.05, 4.69) is 9.97 Å². The van der Waals surface area contributed by atoms with Crippen LogP contribution in [0.2, 0.25) is 0 Å². The minimum atomic E-state index is -5.24. The number of imidazole rings is 1. The van der Waals surface area contributed by atoms with Gasteiger partial charge in [-0.15, -0.1) is 0 Å². The molecule has 0 spiro atoms. The van der Waals surface area contributed by atoms with Gasteiger partial charge < -0.3 is 46.0 Å². The summed E-state index contributed by atoms with van der Waals surface area (Å²) in [6.07, 6.45) is -6.45. The van der Waals surface area contributed by atoms with E-state index in [0.717, 1.165) is 6.21 Å². The number of aromatic amines is 1. The molecule has 1 unspecified atom stereocenters. The molecule has 1 aliphatic rings. The van der Waals surface area contributed by atoms with E-state index in [0.29, 0.717) is 0 Å². The first-order valence-corrected chi connectivity index (χ1v) is 8.52. The first kappa shape index (κ1) is 19.5. The van der Waals surface area contributed by atoms with Crippen molar-refractivity contribution in [1.82, 2.24) is 14.6 Å². The van der Waals surface area contributed by atoms with E-state index in [1.54, 1.807) is 0 Å². The van der Waals surface area contributed by atoms with Crippen LogP contribution in [0.5, 0.6) is 0 Å². The summed E-state index contributed by atoms with van der Waals surface area (Å²) in [6.45, 7) is -0.727. The third-order valence-corrected chi connectivity index (χ3v) is 4.58. The Morgan fingerprint density at radius 1 is 1.44 bits per heavy atom. The highest BCUT2D eigenvalue weighted by Gasteiger charge is 2.51. The molecule has 1 amide bonds. The lowest BCUT2D eigenvalue weighted by molar-refractivity contribution is -0.142. The number of nitrogens with zero attached hydrogens (tertiary/aromatic N) is 2. The monoisotopic (exact) mass is 379 g/mol. The number of ether oxygens (including phenoxy) is 1. The van der Waals surface area contributed by atoms with Crippen molar-refractivity contribution >= 4 is 25.7 Å². The number of H-pyrrole nitrogens is 1. The number of anilines is 1. The second-order valence-electron chi connectivity index (χ2n) is 5.28. The first-order chi connectivity index (χ1) is 11.6. The molecule has 9 N–H and O–H groups in total. The predicted octanol–water partition coefficient (Wildman–Crippen LogP) is -3.11. The minimum Gasteiger partial charge on any atom is -0.394 e. The van der Waals surface area contributed by atoms with Gasteiger partial charge in [0, 0.05) is 6.21 Å². The number of nitrogens with one attached hydrogen (secondary N) is 2. The van der Waals surface area contributed by atoms with Gasteiger partial charge in [-0.25, -0.2) is 14.2 Å². The van der Waals surface area contributed by atoms with E-state index >= 15 is 0 Å². The van der Waals surface area contributed by atoms with Gasteiger partial charge in [0.1, 0.15) is 29.8 Å². The van der Waals surface area contributed by atoms with Crippen molar-refractivity contribution in [3.8, 4) is 0 Å². The van der Waals surface area contributed by atoms with Crippen molar-refractivity contribution in [2.75, 3.05) is 12.3 Å². The van der Waals surface area contributed by atoms with Crippen LogP contribution in [0.4, 0.5) is 5.82 Å². The summed E-state index contributed by atoms with van der Waals surface area (Å²) in [7, 11) is -5.24. The zero-order valence-electron chi connectivity index (χ0n) is 12.7. The molecule has 25 heavy (non-hydrogen) atoms. The summed E-state index contributed by atoms with van der Waals surface area (Å²) < 4.78 is 16.7. The van der Waals surface area contributed by atoms with Crippen LogP contribution in [-0.2, 0) is 20.5 Å². The van der Waals surface area contributed by atoms with E-state index in [1.807, 2.05) is 0 Å². The molecule has 14 heteroatoms. The molecule has 1 aromatic heterocycles. The zero-order chi connectivity index (χ0) is 18.9. The highest BCUT2D eigenvalue weighted by atomic mass is 31.2. The quantitative estimate of drug-likeness (QED) is 0.183. The van der Waals surface area contributed by atoms with Gasteiger partial charge in [0.25, 0.3) is 0 Å². The Bertz CT molecular complexity index is 705. The molecular weight excluding hydrogens is 361 g/mol. The second-order valence-corrected chi connectivity index (χ2v) is 6.74. The van der Waals surface area contributed by atoms with Crippen LogP contribution in [0.1, 0.15) is 11.5 Å². The van der Waals surface area contributed by atoms with E-state index in [1.165, 1.54) is 0 Å². The number of aromatic nitrogens is 2. The topological polar surface area (TPSA) is 226 Å². The molecule has 2 heterocycles. The average molecular weight is 379 g/mol. The van der Waals surface area contributed by atoms with Crippen LogP contribution in [0, 0.1) is 5.41 Å². The minimum absolute atomic E-state index is 0.0145. The fourth-order valence-electron chi connectivity index (χ4n) is 2.39. The van der Waals surface area contributed by atoms with Gasteiger partial charge in [-0.05, 0) is 0 Å². The summed E-state index contributed by atoms with van der Waals surface area (Å²) in [5.41, 5.74) is 5.60. The highest BCUT2D eigenvalue weighted by Crippen LogP contribution is 2.45. The number of hydrogen-bond acceptors (Lipinski definition) is 9. The maximum atomic E-state index is 12.3. The molecule has 1 aliphatic heterocycles. The summed E-state index contributed by atoms with van der Waals surface area (Å²) >= 11 is 0. The SMILES string of the molecule is N=Cc1[nH]c(CC(=O)N(C2O[C@H](CO)[C@@H](O)[C@H]2O)P(=O)(O)O)nc1N. The third kappa shape index (κ3) is 3.88. The molecule has 0 aromatic carbocycles. The number of nitrogens with two attached hydrogens (primary N) is 1. The molecule has 140 valence electrons. The Morgan fingerprint density at radius 3 is 2.52 bits per heavy atom. The van der Waals surface area contributed by atoms with Crippen molar-refractivity contribution < 1.29 is 39.2 Å². The molecule has 1 fully saturated rings. The standard InChI is InChI=1S/C11H18N5O8P/c12-2-4-10(13)15-6(14-4)1-7(18)16(25(21,22)23)11-9(20)8(19)5(3-17)24-11/h2,5,8-9,11-12,17,19-20H,1,3,13H2,(H,14,15)(H2,21,22,23)/t5-,8-,9-,11?/m1/s1. The van der Waals surface area contributed by atoms with Crippen LogP contribution in [-0.4, -0.2) is 83.0 Å². The Kier molecular flexibility index (Phi) is 5.58. The van der Waals surface area contributed by atoms with Gasteiger partial charge in [-0.2, -0.15) is 0 Å². The van der Waals surface area contributed by atoms with Crippen molar-refractivity contribution in [3.05, 3.63) is 11.5 Å². The van der Waals surface area contributed by atoms with E-state index < -0.39 is 51.2 Å². The molecule has 13 nitrogen and oxygen atoms in total. The molecule has 1 aromatic rings. The molecule has 0 saturated carbocycles. The van der Waals surface area contributed by atoms with Gasteiger partial charge in [-0.3, -0.25) is 4.79 Å². The van der Waals surface area contributed by atoms with Crippen LogP contribution in [0.15, 0.2) is 0 Å². The summed E-state index contributed by atoms with van der Waals surface area (Å²) in [5.74, 6) is -1.31. The van der Waals surface area contributed by atoms with Gasteiger partial charge >= 0.3 is 7.75 Å². The molecule has 2 rings (SSSR count). The Hall–Kier alpha value is -1.86. The predicted molar refractivity (Wildman–Crippen MR) is 81.2 cm³/mol. The van der Waals surface area contributed by atoms with Crippen LogP contribution >= 0.6 is 7.75 Å². The van der Waals surface area contributed by atoms with Gasteiger partial charge in [-0.1, -0.05) is 0 Å². The third-order valence-electron chi connectivity index (χ3n) is 3.57. The number of aliphatic hydroxyl groups is 3. The molecule has 4 atom stereocenters. The van der Waals surface area contributed by atoms with Crippen LogP contribution < -0.4 is 5.73 Å². The van der Waals surface area contributed by atoms with E-state index in [4.69, 9.17) is 21.0 Å². The molecule has 0 bridgehead atoms. The summed E-state index contributed by atoms with van der Waals surface area (Å²) in [6, 6.07) is 0. The maximum Gasteiger partial charge on any atom is 0.434 e. The Morgan fingerprint density at radius 2 is 2.08 bits per heavy atom. The van der Waals surface area contributed by atoms with Gasteiger partial charge in [0.2, 0.25) is 5.91 Å². The van der Waals surface area contributed by atoms with Gasteiger partial charge in [0.15, 0.2) is 12.0 Å². The smallest absolute Gasteiger partial charge is 0.394 e. The number of aliphatic hydroxyl groups excluding tert-OH is 3. The van der Waals surface area contributed by atoms with Crippen molar-refractivity contribution in [2.45, 2.75) is 31.0 Å². The molecule has 0 radical (unpaired) electrons. The fraction of sp³-hybridized carbons (Fsp3) is 0.545. The van der Waals surface area contributed by atoms with E-state index in [9.17, 15) is 29.4 Å². The molecular formula is C11H18N5O8P. The summed E-state index contributed by atoms with van der Waals surface area (Å²) in [5, 5.41) is 35.7. The van der Waals surface area contributed by atoms with Crippen LogP contribution in [0.3, 0.4) is 0 Å². The van der Waals surface area contributed by atoms with Crippen LogP contribution in [0.25, 0.3) is 0 Å². The Balaban J connectivity index is 2.27. The average Bonchev–Trinajstić information content (AvgIpc) is 3.00. The number of rotatable bonds is 6. The van der Waals surface area contributed by atoms with Crippen molar-refractivity contribution in [3.63, 3.8) is 0 Å². The summed E-state index contributed by atoms with van der Waals surface area (Å²) in [4.78, 5) is 37.5. The first-order valence-electron chi connectivity index (χ1n) is 6.95. The van der Waals surface area contributed by atoms with Gasteiger partial charge in [0.05, 0.1) is 13.0 Å². The Labute approximate surface area is 140 Å². The van der Waals surface area contributed by atoms with Crippen molar-refractivity contribution in [1.29, 1.82) is 5.41 Å². The number of carbonyl (C=O) groups excluding carboxylic acids is 1. The highest BCUT2D eigenvalue weighted by molar-refractivity contribution is 7.50. The second kappa shape index (κ2) is 7.17. The molecule has 0 aliphatic carbocycles. The van der Waals surface area contributed by atoms with E-state index in [-0.39, 0.29) is 22.0 Å². The number of hydrogen-bond donors (Lipinski definition) is 8. The molecule has 1 saturated heterocycles. The van der Waals surface area contributed by atoms with Crippen molar-refractivity contribution in [2.24, 2.45) is 0 Å². The lowest BCUT2D eigenvalue weighted by atomic mass is 10.1. The number of carbonyl (C=O) groups is 1. The largest absolute Gasteiger partial charge is 0.434 e.